The second-order valence-corrected chi connectivity index (χ2v) is 7.26. The van der Waals surface area contributed by atoms with Gasteiger partial charge in [-0.1, -0.05) is 0 Å². The van der Waals surface area contributed by atoms with Gasteiger partial charge in [0, 0.05) is 45.0 Å². The lowest BCUT2D eigenvalue weighted by Gasteiger charge is -2.41. The third-order valence-corrected chi connectivity index (χ3v) is 5.40. The van der Waals surface area contributed by atoms with Gasteiger partial charge in [-0.25, -0.2) is 15.0 Å². The fourth-order valence-corrected chi connectivity index (χ4v) is 4.13. The summed E-state index contributed by atoms with van der Waals surface area (Å²) in [5, 5.41) is 9.16. The first-order valence-corrected chi connectivity index (χ1v) is 8.76. The van der Waals surface area contributed by atoms with E-state index in [4.69, 9.17) is 10.2 Å². The Labute approximate surface area is 148 Å². The van der Waals surface area contributed by atoms with Crippen LogP contribution in [0.1, 0.15) is 36.1 Å². The normalized spacial score (nSPS) is 21.9. The number of nitriles is 1. The number of aryl methyl sites for hydroxylation is 1. The Balaban J connectivity index is 1.68. The summed E-state index contributed by atoms with van der Waals surface area (Å²) in [5.41, 5.74) is 3.23. The van der Waals surface area contributed by atoms with Crippen LogP contribution in [0, 0.1) is 11.3 Å². The van der Waals surface area contributed by atoms with Crippen LogP contribution in [0.3, 0.4) is 0 Å². The van der Waals surface area contributed by atoms with Crippen LogP contribution >= 0.6 is 0 Å². The number of fused-ring (bicyclic) bond motifs is 2. The average molecular weight is 334 g/mol. The van der Waals surface area contributed by atoms with Crippen molar-refractivity contribution >= 4 is 11.8 Å². The highest BCUT2D eigenvalue weighted by Crippen LogP contribution is 2.44. The predicted molar refractivity (Wildman–Crippen MR) is 96.8 cm³/mol. The summed E-state index contributed by atoms with van der Waals surface area (Å²) in [6, 6.07) is 5.85. The van der Waals surface area contributed by atoms with Crippen molar-refractivity contribution in [2.24, 2.45) is 0 Å². The van der Waals surface area contributed by atoms with Gasteiger partial charge in [-0.15, -0.1) is 0 Å². The predicted octanol–water partition coefficient (Wildman–Crippen LogP) is 2.29. The minimum absolute atomic E-state index is 0.0750. The molecule has 1 saturated heterocycles. The van der Waals surface area contributed by atoms with Crippen LogP contribution in [-0.4, -0.2) is 42.1 Å². The van der Waals surface area contributed by atoms with Gasteiger partial charge in [0.15, 0.2) is 0 Å². The largest absolute Gasteiger partial charge is 0.356 e. The third kappa shape index (κ3) is 2.70. The summed E-state index contributed by atoms with van der Waals surface area (Å²) in [5.74, 6) is 1.68. The summed E-state index contributed by atoms with van der Waals surface area (Å²) >= 11 is 0. The molecule has 3 heterocycles. The van der Waals surface area contributed by atoms with Gasteiger partial charge in [-0.05, 0) is 43.4 Å². The Morgan fingerprint density at radius 3 is 2.96 bits per heavy atom. The molecule has 1 aliphatic heterocycles. The van der Waals surface area contributed by atoms with Crippen molar-refractivity contribution in [2.75, 3.05) is 37.0 Å². The quantitative estimate of drug-likeness (QED) is 0.839. The molecule has 2 aromatic heterocycles. The highest BCUT2D eigenvalue weighted by Gasteiger charge is 2.44. The van der Waals surface area contributed by atoms with E-state index in [2.05, 4.69) is 20.9 Å². The highest BCUT2D eigenvalue weighted by atomic mass is 15.2. The van der Waals surface area contributed by atoms with Crippen molar-refractivity contribution < 1.29 is 0 Å². The Bertz CT molecular complexity index is 836. The SMILES string of the molecule is CN(C)c1ncc2c(n1)C1(CCCN(c3cc(C#N)ccn3)C1)CC2. The zero-order chi connectivity index (χ0) is 17.4. The summed E-state index contributed by atoms with van der Waals surface area (Å²) in [4.78, 5) is 18.2. The topological polar surface area (TPSA) is 68.9 Å². The molecule has 0 amide bonds. The molecule has 0 radical (unpaired) electrons. The summed E-state index contributed by atoms with van der Waals surface area (Å²) < 4.78 is 0. The molecule has 128 valence electrons. The second kappa shape index (κ2) is 5.99. The summed E-state index contributed by atoms with van der Waals surface area (Å²) in [6.07, 6.45) is 8.15. The molecule has 6 heteroatoms. The smallest absolute Gasteiger partial charge is 0.225 e. The Hall–Kier alpha value is -2.68. The molecule has 0 N–H and O–H groups in total. The summed E-state index contributed by atoms with van der Waals surface area (Å²) in [6.45, 7) is 1.89. The fourth-order valence-electron chi connectivity index (χ4n) is 4.13. The molecule has 1 fully saturated rings. The first-order valence-electron chi connectivity index (χ1n) is 8.76. The maximum Gasteiger partial charge on any atom is 0.225 e. The molecule has 2 aromatic rings. The number of anilines is 2. The molecular formula is C19H22N6. The number of aromatic nitrogens is 3. The molecule has 1 spiro atoms. The fraction of sp³-hybridized carbons (Fsp3) is 0.474. The lowest BCUT2D eigenvalue weighted by Crippen LogP contribution is -2.46. The maximum atomic E-state index is 9.16. The van der Waals surface area contributed by atoms with Gasteiger partial charge in [0.2, 0.25) is 5.95 Å². The Morgan fingerprint density at radius 1 is 1.28 bits per heavy atom. The van der Waals surface area contributed by atoms with Gasteiger partial charge in [0.25, 0.3) is 0 Å². The van der Waals surface area contributed by atoms with Gasteiger partial charge in [0.1, 0.15) is 5.82 Å². The van der Waals surface area contributed by atoms with Crippen LogP contribution in [-0.2, 0) is 11.8 Å². The van der Waals surface area contributed by atoms with Crippen molar-refractivity contribution in [2.45, 2.75) is 31.1 Å². The number of nitrogens with zero attached hydrogens (tertiary/aromatic N) is 6. The minimum Gasteiger partial charge on any atom is -0.356 e. The van der Waals surface area contributed by atoms with Crippen molar-refractivity contribution in [3.05, 3.63) is 41.3 Å². The standard InChI is InChI=1S/C19H22N6/c1-24(2)18-22-12-15-4-7-19(17(15)23-18)6-3-9-25(13-19)16-10-14(11-20)5-8-21-16/h5,8,10,12H,3-4,6-7,9,13H2,1-2H3. The Kier molecular flexibility index (Phi) is 3.79. The highest BCUT2D eigenvalue weighted by molar-refractivity contribution is 5.48. The molecule has 2 aliphatic rings. The van der Waals surface area contributed by atoms with E-state index < -0.39 is 0 Å². The molecule has 6 nitrogen and oxygen atoms in total. The lowest BCUT2D eigenvalue weighted by molar-refractivity contribution is 0.333. The van der Waals surface area contributed by atoms with Gasteiger partial charge in [0.05, 0.1) is 17.3 Å². The first kappa shape index (κ1) is 15.8. The molecule has 0 saturated carbocycles. The molecular weight excluding hydrogens is 312 g/mol. The number of hydrogen-bond donors (Lipinski definition) is 0. The minimum atomic E-state index is 0.0750. The van der Waals surface area contributed by atoms with Crippen LogP contribution in [0.4, 0.5) is 11.8 Å². The van der Waals surface area contributed by atoms with Gasteiger partial charge in [-0.3, -0.25) is 0 Å². The number of hydrogen-bond acceptors (Lipinski definition) is 6. The molecule has 1 unspecified atom stereocenters. The van der Waals surface area contributed by atoms with Gasteiger partial charge >= 0.3 is 0 Å². The summed E-state index contributed by atoms with van der Waals surface area (Å²) in [7, 11) is 3.96. The van der Waals surface area contributed by atoms with Gasteiger partial charge < -0.3 is 9.80 Å². The van der Waals surface area contributed by atoms with E-state index in [-0.39, 0.29) is 5.41 Å². The van der Waals surface area contributed by atoms with E-state index in [0.29, 0.717) is 5.56 Å². The van der Waals surface area contributed by atoms with E-state index >= 15 is 0 Å². The van der Waals surface area contributed by atoms with Gasteiger partial charge in [-0.2, -0.15) is 5.26 Å². The lowest BCUT2D eigenvalue weighted by atomic mass is 9.77. The third-order valence-electron chi connectivity index (χ3n) is 5.40. The number of pyridine rings is 1. The van der Waals surface area contributed by atoms with E-state index in [1.807, 2.05) is 31.3 Å². The van der Waals surface area contributed by atoms with Crippen LogP contribution in [0.2, 0.25) is 0 Å². The van der Waals surface area contributed by atoms with Crippen molar-refractivity contribution in [1.82, 2.24) is 15.0 Å². The number of rotatable bonds is 2. The van der Waals surface area contributed by atoms with Crippen molar-refractivity contribution in [3.8, 4) is 6.07 Å². The molecule has 25 heavy (non-hydrogen) atoms. The second-order valence-electron chi connectivity index (χ2n) is 7.26. The molecule has 0 aromatic carbocycles. The maximum absolute atomic E-state index is 9.16. The zero-order valence-electron chi connectivity index (χ0n) is 14.7. The Morgan fingerprint density at radius 2 is 2.16 bits per heavy atom. The van der Waals surface area contributed by atoms with E-state index in [1.54, 1.807) is 12.3 Å². The van der Waals surface area contributed by atoms with Crippen LogP contribution < -0.4 is 9.80 Å². The number of piperidine rings is 1. The molecule has 1 aliphatic carbocycles. The zero-order valence-corrected chi connectivity index (χ0v) is 14.7. The van der Waals surface area contributed by atoms with E-state index in [9.17, 15) is 0 Å². The first-order chi connectivity index (χ1) is 12.1. The average Bonchev–Trinajstić information content (AvgIpc) is 2.99. The molecule has 4 rings (SSSR count). The molecule has 0 bridgehead atoms. The van der Waals surface area contributed by atoms with Crippen LogP contribution in [0.5, 0.6) is 0 Å². The van der Waals surface area contributed by atoms with Crippen LogP contribution in [0.15, 0.2) is 24.5 Å². The van der Waals surface area contributed by atoms with Crippen molar-refractivity contribution in [1.29, 1.82) is 5.26 Å². The monoisotopic (exact) mass is 334 g/mol. The van der Waals surface area contributed by atoms with Crippen molar-refractivity contribution in [3.63, 3.8) is 0 Å². The van der Waals surface area contributed by atoms with E-state index in [0.717, 1.165) is 50.5 Å². The van der Waals surface area contributed by atoms with E-state index in [1.165, 1.54) is 11.3 Å². The molecule has 1 atom stereocenters. The van der Waals surface area contributed by atoms with Crippen LogP contribution in [0.25, 0.3) is 0 Å².